The molecule has 1 aliphatic rings. The second-order valence-corrected chi connectivity index (χ2v) is 8.12. The average Bonchev–Trinajstić information content (AvgIpc) is 2.85. The molecule has 180 valence electrons. The number of nitrogens with one attached hydrogen (secondary N) is 1. The van der Waals surface area contributed by atoms with E-state index in [1.807, 2.05) is 85.8 Å². The van der Waals surface area contributed by atoms with Crippen LogP contribution in [0.1, 0.15) is 24.1 Å². The lowest BCUT2D eigenvalue weighted by molar-refractivity contribution is -0.139. The molecule has 3 aromatic carbocycles. The molecule has 1 atom stereocenters. The number of hydrogen-bond acceptors (Lipinski definition) is 5. The maximum atomic E-state index is 13.1. The minimum atomic E-state index is -0.729. The average molecular weight is 473 g/mol. The first-order chi connectivity index (χ1) is 17.0. The number of amides is 2. The van der Waals surface area contributed by atoms with Crippen LogP contribution in [0.3, 0.4) is 0 Å². The van der Waals surface area contributed by atoms with Gasteiger partial charge >= 0.3 is 12.0 Å². The summed E-state index contributed by atoms with van der Waals surface area (Å²) in [4.78, 5) is 27.4. The molecule has 0 radical (unpaired) electrons. The molecule has 0 bridgehead atoms. The Bertz CT molecular complexity index is 1240. The summed E-state index contributed by atoms with van der Waals surface area (Å²) in [5, 5.41) is 2.92. The first-order valence-corrected chi connectivity index (χ1v) is 11.4. The number of aryl methyl sites for hydroxylation is 1. The molecule has 4 rings (SSSR count). The van der Waals surface area contributed by atoms with Crippen molar-refractivity contribution in [1.82, 2.24) is 10.2 Å². The largest absolute Gasteiger partial charge is 0.487 e. The van der Waals surface area contributed by atoms with Crippen molar-refractivity contribution in [2.24, 2.45) is 0 Å². The summed E-state index contributed by atoms with van der Waals surface area (Å²) in [5.41, 5.74) is 2.49. The van der Waals surface area contributed by atoms with Crippen LogP contribution in [0.25, 0.3) is 0 Å². The monoisotopic (exact) mass is 472 g/mol. The van der Waals surface area contributed by atoms with Gasteiger partial charge in [0.2, 0.25) is 0 Å². The van der Waals surface area contributed by atoms with Gasteiger partial charge < -0.3 is 19.5 Å². The predicted molar refractivity (Wildman–Crippen MR) is 132 cm³/mol. The van der Waals surface area contributed by atoms with E-state index in [9.17, 15) is 9.59 Å². The molecule has 0 saturated carbocycles. The third-order valence-corrected chi connectivity index (χ3v) is 5.61. The Morgan fingerprint density at radius 1 is 0.943 bits per heavy atom. The first kappa shape index (κ1) is 23.9. The normalized spacial score (nSPS) is 15.5. The highest BCUT2D eigenvalue weighted by Crippen LogP contribution is 2.33. The van der Waals surface area contributed by atoms with Crippen molar-refractivity contribution >= 4 is 12.0 Å². The number of nitrogens with zero attached hydrogens (tertiary/aromatic N) is 1. The van der Waals surface area contributed by atoms with Crippen LogP contribution in [0.4, 0.5) is 4.79 Å². The zero-order chi connectivity index (χ0) is 24.8. The number of rotatable bonds is 8. The number of carbonyl (C=O) groups excluding carboxylic acids is 2. The van der Waals surface area contributed by atoms with Gasteiger partial charge in [0.15, 0.2) is 0 Å². The Balaban J connectivity index is 1.71. The molecule has 3 aromatic rings. The molecule has 1 N–H and O–H groups in total. The van der Waals surface area contributed by atoms with Crippen molar-refractivity contribution < 1.29 is 23.8 Å². The SMILES string of the molecule is CCOC(=O)C1=C(COc2cccc(C)c2)N(C)C(=O)N[C@H]1c1cccc(Oc2ccccc2)c1. The highest BCUT2D eigenvalue weighted by atomic mass is 16.5. The Morgan fingerprint density at radius 3 is 2.40 bits per heavy atom. The van der Waals surface area contributed by atoms with E-state index in [-0.39, 0.29) is 19.2 Å². The zero-order valence-electron chi connectivity index (χ0n) is 20.0. The molecule has 7 heteroatoms. The van der Waals surface area contributed by atoms with Gasteiger partial charge in [-0.2, -0.15) is 0 Å². The van der Waals surface area contributed by atoms with Gasteiger partial charge in [-0.1, -0.05) is 42.5 Å². The molecule has 7 nitrogen and oxygen atoms in total. The number of para-hydroxylation sites is 1. The fourth-order valence-electron chi connectivity index (χ4n) is 3.87. The topological polar surface area (TPSA) is 77.1 Å². The van der Waals surface area contributed by atoms with Crippen LogP contribution >= 0.6 is 0 Å². The van der Waals surface area contributed by atoms with E-state index in [1.165, 1.54) is 4.90 Å². The number of urea groups is 1. The third-order valence-electron chi connectivity index (χ3n) is 5.61. The number of likely N-dealkylation sites (N-methyl/N-ethyl adjacent to an activating group) is 1. The number of hydrogen-bond donors (Lipinski definition) is 1. The molecule has 0 aliphatic carbocycles. The second-order valence-electron chi connectivity index (χ2n) is 8.12. The van der Waals surface area contributed by atoms with Crippen LogP contribution in [-0.2, 0) is 9.53 Å². The molecular formula is C28H28N2O5. The van der Waals surface area contributed by atoms with E-state index in [4.69, 9.17) is 14.2 Å². The van der Waals surface area contributed by atoms with E-state index >= 15 is 0 Å². The highest BCUT2D eigenvalue weighted by molar-refractivity contribution is 5.95. The maximum Gasteiger partial charge on any atom is 0.338 e. The van der Waals surface area contributed by atoms with Gasteiger partial charge in [-0.3, -0.25) is 4.90 Å². The minimum absolute atomic E-state index is 0.0260. The first-order valence-electron chi connectivity index (χ1n) is 11.4. The van der Waals surface area contributed by atoms with Crippen molar-refractivity contribution in [3.63, 3.8) is 0 Å². The standard InChI is InChI=1S/C28H28N2O5/c1-4-33-27(31)25-24(18-34-22-14-8-10-19(2)16-22)30(3)28(32)29-26(25)20-11-9-15-23(17-20)35-21-12-6-5-7-13-21/h5-17,26H,4,18H2,1-3H3,(H,29,32)/t26-/m0/s1. The lowest BCUT2D eigenvalue weighted by Gasteiger charge is -2.34. The molecule has 1 aliphatic heterocycles. The fraction of sp³-hybridized carbons (Fsp3) is 0.214. The molecule has 1 heterocycles. The van der Waals surface area contributed by atoms with E-state index in [0.717, 1.165) is 5.56 Å². The summed E-state index contributed by atoms with van der Waals surface area (Å²) in [5.74, 6) is 1.41. The maximum absolute atomic E-state index is 13.1. The molecule has 0 aromatic heterocycles. The van der Waals surface area contributed by atoms with Crippen LogP contribution in [0, 0.1) is 6.92 Å². The number of esters is 1. The number of ether oxygens (including phenoxy) is 3. The molecule has 0 fully saturated rings. The van der Waals surface area contributed by atoms with Gasteiger partial charge in [0, 0.05) is 7.05 Å². The molecule has 0 spiro atoms. The van der Waals surface area contributed by atoms with Gasteiger partial charge in [0.25, 0.3) is 0 Å². The van der Waals surface area contributed by atoms with E-state index < -0.39 is 12.0 Å². The van der Waals surface area contributed by atoms with Crippen LogP contribution in [0.2, 0.25) is 0 Å². The smallest absolute Gasteiger partial charge is 0.338 e. The number of carbonyl (C=O) groups is 2. The Labute approximate surface area is 204 Å². The van der Waals surface area contributed by atoms with Crippen LogP contribution in [0.5, 0.6) is 17.2 Å². The summed E-state index contributed by atoms with van der Waals surface area (Å²) in [6.45, 7) is 3.95. The number of benzene rings is 3. The van der Waals surface area contributed by atoms with Crippen molar-refractivity contribution in [3.8, 4) is 17.2 Å². The zero-order valence-corrected chi connectivity index (χ0v) is 20.0. The van der Waals surface area contributed by atoms with Crippen LogP contribution in [-0.4, -0.2) is 37.2 Å². The molecule has 35 heavy (non-hydrogen) atoms. The second kappa shape index (κ2) is 10.8. The Kier molecular flexibility index (Phi) is 7.35. The lowest BCUT2D eigenvalue weighted by Crippen LogP contribution is -2.48. The summed E-state index contributed by atoms with van der Waals surface area (Å²) in [6, 6.07) is 23.2. The molecule has 2 amide bonds. The lowest BCUT2D eigenvalue weighted by atomic mass is 9.94. The molecule has 0 unspecified atom stereocenters. The van der Waals surface area contributed by atoms with Crippen molar-refractivity contribution in [2.75, 3.05) is 20.3 Å². The Morgan fingerprint density at radius 2 is 1.66 bits per heavy atom. The minimum Gasteiger partial charge on any atom is -0.487 e. The molecular weight excluding hydrogens is 444 g/mol. The van der Waals surface area contributed by atoms with E-state index in [2.05, 4.69) is 5.32 Å². The van der Waals surface area contributed by atoms with Gasteiger partial charge in [-0.05, 0) is 61.4 Å². The van der Waals surface area contributed by atoms with E-state index in [0.29, 0.717) is 34.1 Å². The van der Waals surface area contributed by atoms with Gasteiger partial charge in [0.1, 0.15) is 23.9 Å². The highest BCUT2D eigenvalue weighted by Gasteiger charge is 2.37. The van der Waals surface area contributed by atoms with Crippen LogP contribution < -0.4 is 14.8 Å². The predicted octanol–water partition coefficient (Wildman–Crippen LogP) is 5.38. The van der Waals surface area contributed by atoms with Crippen molar-refractivity contribution in [3.05, 3.63) is 101 Å². The van der Waals surface area contributed by atoms with Crippen molar-refractivity contribution in [2.45, 2.75) is 19.9 Å². The summed E-state index contributed by atoms with van der Waals surface area (Å²) >= 11 is 0. The summed E-state index contributed by atoms with van der Waals surface area (Å²) in [6.07, 6.45) is 0. The third kappa shape index (κ3) is 5.63. The van der Waals surface area contributed by atoms with E-state index in [1.54, 1.807) is 14.0 Å². The van der Waals surface area contributed by atoms with Crippen LogP contribution in [0.15, 0.2) is 90.1 Å². The van der Waals surface area contributed by atoms with Crippen molar-refractivity contribution in [1.29, 1.82) is 0 Å². The van der Waals surface area contributed by atoms with Gasteiger partial charge in [-0.15, -0.1) is 0 Å². The van der Waals surface area contributed by atoms with Gasteiger partial charge in [-0.25, -0.2) is 9.59 Å². The quantitative estimate of drug-likeness (QED) is 0.446. The summed E-state index contributed by atoms with van der Waals surface area (Å²) < 4.78 is 17.3. The fourth-order valence-corrected chi connectivity index (χ4v) is 3.87. The summed E-state index contributed by atoms with van der Waals surface area (Å²) in [7, 11) is 1.61. The Hall–Kier alpha value is -4.26. The molecule has 0 saturated heterocycles. The van der Waals surface area contributed by atoms with Gasteiger partial charge in [0.05, 0.1) is 23.9 Å².